The summed E-state index contributed by atoms with van der Waals surface area (Å²) in [5.74, 6) is -0.207. The van der Waals surface area contributed by atoms with E-state index in [0.717, 1.165) is 6.42 Å². The predicted molar refractivity (Wildman–Crippen MR) is 99.5 cm³/mol. The number of allylic oxidation sites excluding steroid dienone is 1. The third-order valence-electron chi connectivity index (χ3n) is 4.73. The van der Waals surface area contributed by atoms with Crippen molar-refractivity contribution in [3.8, 4) is 0 Å². The zero-order valence-electron chi connectivity index (χ0n) is 14.6. The molecule has 26 heavy (non-hydrogen) atoms. The molecule has 3 unspecified atom stereocenters. The molecule has 1 aliphatic carbocycles. The Hall–Kier alpha value is -2.48. The molecule has 0 bridgehead atoms. The molecule has 1 aliphatic heterocycles. The third-order valence-corrected chi connectivity index (χ3v) is 5.19. The number of nitrogens with zero attached hydrogens (tertiary/aromatic N) is 2. The average Bonchev–Trinajstić information content (AvgIpc) is 2.62. The zero-order chi connectivity index (χ0) is 18.8. The smallest absolute Gasteiger partial charge is 0.269 e. The lowest BCUT2D eigenvalue weighted by Crippen LogP contribution is -2.42. The number of thiocarbonyl (C=S) groups is 1. The lowest BCUT2D eigenvalue weighted by atomic mass is 9.78. The molecule has 8 heteroatoms. The highest BCUT2D eigenvalue weighted by Gasteiger charge is 2.41. The lowest BCUT2D eigenvalue weighted by Gasteiger charge is -2.38. The molecule has 1 saturated carbocycles. The molecule has 0 N–H and O–H groups in total. The molecule has 1 aromatic rings. The second kappa shape index (κ2) is 7.41. The number of rotatable bonds is 3. The minimum atomic E-state index is -0.465. The summed E-state index contributed by atoms with van der Waals surface area (Å²) in [6, 6.07) is 5.94. The van der Waals surface area contributed by atoms with Crippen molar-refractivity contribution in [2.75, 3.05) is 14.1 Å². The molecule has 1 fully saturated rings. The first kappa shape index (κ1) is 18.3. The maximum absolute atomic E-state index is 12.9. The highest BCUT2D eigenvalue weighted by Crippen LogP contribution is 2.37. The van der Waals surface area contributed by atoms with Gasteiger partial charge in [-0.3, -0.25) is 14.9 Å². The number of fused-ring (bicyclic) bond motifs is 1. The summed E-state index contributed by atoms with van der Waals surface area (Å²) in [4.78, 5) is 24.9. The molecular formula is C18H20N2O5S. The Morgan fingerprint density at radius 1 is 1.31 bits per heavy atom. The molecule has 0 aromatic heterocycles. The summed E-state index contributed by atoms with van der Waals surface area (Å²) in [5.41, 5.74) is 1.08. The lowest BCUT2D eigenvalue weighted by molar-refractivity contribution is -0.384. The van der Waals surface area contributed by atoms with E-state index >= 15 is 0 Å². The summed E-state index contributed by atoms with van der Waals surface area (Å²) in [5, 5.41) is 11.2. The van der Waals surface area contributed by atoms with Crippen LogP contribution in [0.3, 0.4) is 0 Å². The largest absolute Gasteiger partial charge is 0.496 e. The number of benzene rings is 1. The van der Waals surface area contributed by atoms with Crippen LogP contribution in [0.1, 0.15) is 24.8 Å². The van der Waals surface area contributed by atoms with Gasteiger partial charge in [0.2, 0.25) is 0 Å². The van der Waals surface area contributed by atoms with Gasteiger partial charge in [-0.2, -0.15) is 0 Å². The molecule has 0 saturated heterocycles. The van der Waals surface area contributed by atoms with Crippen LogP contribution in [0, 0.1) is 16.0 Å². The van der Waals surface area contributed by atoms with Crippen LogP contribution >= 0.6 is 12.2 Å². The number of hydrogen-bond donors (Lipinski definition) is 0. The Balaban J connectivity index is 1.71. The predicted octanol–water partition coefficient (Wildman–Crippen LogP) is 2.94. The Morgan fingerprint density at radius 3 is 2.62 bits per heavy atom. The van der Waals surface area contributed by atoms with Gasteiger partial charge in [-0.05, 0) is 42.8 Å². The summed E-state index contributed by atoms with van der Waals surface area (Å²) in [7, 11) is 3.65. The van der Waals surface area contributed by atoms with Gasteiger partial charge < -0.3 is 14.4 Å². The molecule has 0 radical (unpaired) electrons. The monoisotopic (exact) mass is 376 g/mol. The minimum absolute atomic E-state index is 0.00841. The average molecular weight is 376 g/mol. The molecule has 138 valence electrons. The number of non-ortho nitro benzene ring substituents is 1. The maximum atomic E-state index is 12.9. The minimum Gasteiger partial charge on any atom is -0.496 e. The van der Waals surface area contributed by atoms with Crippen molar-refractivity contribution in [2.24, 2.45) is 5.92 Å². The fourth-order valence-electron chi connectivity index (χ4n) is 3.28. The second-order valence-electron chi connectivity index (χ2n) is 6.69. The van der Waals surface area contributed by atoms with E-state index in [0.29, 0.717) is 29.2 Å². The van der Waals surface area contributed by atoms with Crippen molar-refractivity contribution >= 4 is 34.4 Å². The van der Waals surface area contributed by atoms with Crippen molar-refractivity contribution in [3.63, 3.8) is 0 Å². The fraction of sp³-hybridized carbons (Fsp3) is 0.444. The van der Waals surface area contributed by atoms with Crippen molar-refractivity contribution in [2.45, 2.75) is 31.5 Å². The molecule has 7 nitrogen and oxygen atoms in total. The SMILES string of the molecule is CN(C)C(=S)OC1CCC2C(=O)C(c3ccc([N+](=O)[O-])cc3)=COC2C1. The van der Waals surface area contributed by atoms with Gasteiger partial charge >= 0.3 is 0 Å². The first-order chi connectivity index (χ1) is 12.4. The first-order valence-corrected chi connectivity index (χ1v) is 8.80. The Morgan fingerprint density at radius 2 is 2.00 bits per heavy atom. The third kappa shape index (κ3) is 3.70. The van der Waals surface area contributed by atoms with Gasteiger partial charge in [-0.1, -0.05) is 0 Å². The number of nitro benzene ring substituents is 1. The maximum Gasteiger partial charge on any atom is 0.269 e. The Bertz CT molecular complexity index is 759. The molecule has 1 aromatic carbocycles. The van der Waals surface area contributed by atoms with Gasteiger partial charge in [0, 0.05) is 32.6 Å². The molecule has 1 heterocycles. The first-order valence-electron chi connectivity index (χ1n) is 8.39. The van der Waals surface area contributed by atoms with Crippen LogP contribution in [0.5, 0.6) is 0 Å². The van der Waals surface area contributed by atoms with E-state index < -0.39 is 4.92 Å². The summed E-state index contributed by atoms with van der Waals surface area (Å²) < 4.78 is 11.6. The van der Waals surface area contributed by atoms with Crippen LogP contribution in [-0.4, -0.2) is 47.1 Å². The molecule has 0 spiro atoms. The van der Waals surface area contributed by atoms with E-state index in [2.05, 4.69) is 0 Å². The zero-order valence-corrected chi connectivity index (χ0v) is 15.4. The van der Waals surface area contributed by atoms with E-state index in [4.69, 9.17) is 21.7 Å². The van der Waals surface area contributed by atoms with Crippen LogP contribution in [-0.2, 0) is 14.3 Å². The number of Topliss-reactive ketones (excluding diaryl/α,β-unsaturated/α-hetero) is 1. The second-order valence-corrected chi connectivity index (χ2v) is 7.04. The fourth-order valence-corrected chi connectivity index (χ4v) is 3.42. The molecule has 3 rings (SSSR count). The van der Waals surface area contributed by atoms with Gasteiger partial charge in [0.05, 0.1) is 22.7 Å². The molecule has 2 aliphatic rings. The van der Waals surface area contributed by atoms with E-state index in [1.54, 1.807) is 17.0 Å². The number of carbonyl (C=O) groups is 1. The van der Waals surface area contributed by atoms with Gasteiger partial charge in [0.15, 0.2) is 5.78 Å². The van der Waals surface area contributed by atoms with Crippen LogP contribution in [0.15, 0.2) is 30.5 Å². The van der Waals surface area contributed by atoms with Crippen molar-refractivity contribution < 1.29 is 19.2 Å². The van der Waals surface area contributed by atoms with Gasteiger partial charge in [-0.15, -0.1) is 0 Å². The number of carbonyl (C=O) groups excluding carboxylic acids is 1. The molecule has 3 atom stereocenters. The van der Waals surface area contributed by atoms with Crippen LogP contribution in [0.25, 0.3) is 5.57 Å². The van der Waals surface area contributed by atoms with Crippen LogP contribution in [0.2, 0.25) is 0 Å². The summed E-state index contributed by atoms with van der Waals surface area (Å²) >= 11 is 5.18. The normalized spacial score (nSPS) is 24.8. The standard InChI is InChI=1S/C18H20N2O5S/c1-19(2)18(26)25-13-7-8-14-16(9-13)24-10-15(17(14)21)11-3-5-12(6-4-11)20(22)23/h3-6,10,13-14,16H,7-9H2,1-2H3. The molecule has 0 amide bonds. The van der Waals surface area contributed by atoms with Crippen molar-refractivity contribution in [1.82, 2.24) is 4.90 Å². The van der Waals surface area contributed by atoms with Gasteiger partial charge in [0.25, 0.3) is 10.9 Å². The number of nitro groups is 1. The summed E-state index contributed by atoms with van der Waals surface area (Å²) in [6.45, 7) is 0. The van der Waals surface area contributed by atoms with Crippen LogP contribution < -0.4 is 0 Å². The highest BCUT2D eigenvalue weighted by molar-refractivity contribution is 7.80. The Kier molecular flexibility index (Phi) is 5.22. The van der Waals surface area contributed by atoms with Gasteiger partial charge in [-0.25, -0.2) is 0 Å². The van der Waals surface area contributed by atoms with Crippen LogP contribution in [0.4, 0.5) is 5.69 Å². The van der Waals surface area contributed by atoms with Crippen molar-refractivity contribution in [1.29, 1.82) is 0 Å². The van der Waals surface area contributed by atoms with Crippen molar-refractivity contribution in [3.05, 3.63) is 46.2 Å². The number of ether oxygens (including phenoxy) is 2. The molecular weight excluding hydrogens is 356 g/mol. The topological polar surface area (TPSA) is 81.9 Å². The van der Waals surface area contributed by atoms with E-state index in [-0.39, 0.29) is 29.6 Å². The highest BCUT2D eigenvalue weighted by atomic mass is 32.1. The van der Waals surface area contributed by atoms with E-state index in [1.165, 1.54) is 18.4 Å². The number of ketones is 1. The van der Waals surface area contributed by atoms with Gasteiger partial charge in [0.1, 0.15) is 12.2 Å². The number of hydrogen-bond acceptors (Lipinski definition) is 6. The Labute approximate surface area is 156 Å². The van der Waals surface area contributed by atoms with E-state index in [9.17, 15) is 14.9 Å². The quantitative estimate of drug-likeness (QED) is 0.456. The van der Waals surface area contributed by atoms with E-state index in [1.807, 2.05) is 14.1 Å². The summed E-state index contributed by atoms with van der Waals surface area (Å²) in [6.07, 6.45) is 3.18.